The van der Waals surface area contributed by atoms with Gasteiger partial charge in [-0.2, -0.15) is 0 Å². The van der Waals surface area contributed by atoms with E-state index in [0.717, 1.165) is 12.0 Å². The number of hydrogen-bond acceptors (Lipinski definition) is 2. The minimum atomic E-state index is -0.222. The van der Waals surface area contributed by atoms with Crippen molar-refractivity contribution in [3.05, 3.63) is 34.9 Å². The van der Waals surface area contributed by atoms with Crippen LogP contribution < -0.4 is 0 Å². The Labute approximate surface area is 84.9 Å². The van der Waals surface area contributed by atoms with E-state index in [4.69, 9.17) is 4.74 Å². The number of ether oxygens (including phenoxy) is 1. The van der Waals surface area contributed by atoms with Crippen molar-refractivity contribution in [3.63, 3.8) is 0 Å². The Bertz CT molecular complexity index is 329. The minimum absolute atomic E-state index is 0.222. The highest BCUT2D eigenvalue weighted by Gasteiger charge is 2.10. The van der Waals surface area contributed by atoms with Gasteiger partial charge in [0.1, 0.15) is 0 Å². The van der Waals surface area contributed by atoms with E-state index in [0.29, 0.717) is 12.2 Å². The third-order valence-corrected chi connectivity index (χ3v) is 2.32. The summed E-state index contributed by atoms with van der Waals surface area (Å²) in [6.45, 7) is 6.29. The molecule has 0 spiro atoms. The van der Waals surface area contributed by atoms with Gasteiger partial charge in [0.15, 0.2) is 0 Å². The van der Waals surface area contributed by atoms with Gasteiger partial charge in [-0.3, -0.25) is 0 Å². The Morgan fingerprint density at radius 2 is 2.07 bits per heavy atom. The molecule has 1 aromatic rings. The highest BCUT2D eigenvalue weighted by Crippen LogP contribution is 2.15. The molecule has 0 saturated carbocycles. The van der Waals surface area contributed by atoms with Gasteiger partial charge in [-0.1, -0.05) is 19.1 Å². The van der Waals surface area contributed by atoms with E-state index in [-0.39, 0.29) is 5.97 Å². The summed E-state index contributed by atoms with van der Waals surface area (Å²) in [7, 11) is 0. The van der Waals surface area contributed by atoms with Gasteiger partial charge in [-0.05, 0) is 37.5 Å². The monoisotopic (exact) mass is 192 g/mol. The summed E-state index contributed by atoms with van der Waals surface area (Å²) in [5.74, 6) is -0.222. The smallest absolute Gasteiger partial charge is 0.338 e. The molecular formula is C12H16O2. The number of esters is 1. The second-order valence-corrected chi connectivity index (χ2v) is 3.16. The average molecular weight is 192 g/mol. The summed E-state index contributed by atoms with van der Waals surface area (Å²) in [5, 5.41) is 0. The van der Waals surface area contributed by atoms with Crippen LogP contribution in [0, 0.1) is 6.92 Å². The maximum atomic E-state index is 11.5. The van der Waals surface area contributed by atoms with Gasteiger partial charge in [0, 0.05) is 0 Å². The number of rotatable bonds is 3. The molecule has 0 bridgehead atoms. The standard InChI is InChI=1S/C12H16O2/c1-4-10-7-6-8-11(9(10)3)12(13)14-5-2/h6-8H,4-5H2,1-3H3. The Morgan fingerprint density at radius 1 is 1.36 bits per heavy atom. The zero-order valence-corrected chi connectivity index (χ0v) is 8.96. The molecule has 0 atom stereocenters. The SMILES string of the molecule is CCOC(=O)c1cccc(CC)c1C. The van der Waals surface area contributed by atoms with Gasteiger partial charge in [0.2, 0.25) is 0 Å². The molecule has 2 heteroatoms. The minimum Gasteiger partial charge on any atom is -0.462 e. The Balaban J connectivity index is 3.03. The molecule has 0 saturated heterocycles. The van der Waals surface area contributed by atoms with Crippen LogP contribution >= 0.6 is 0 Å². The fraction of sp³-hybridized carbons (Fsp3) is 0.417. The van der Waals surface area contributed by atoms with Crippen LogP contribution in [0.4, 0.5) is 0 Å². The largest absolute Gasteiger partial charge is 0.462 e. The maximum absolute atomic E-state index is 11.5. The van der Waals surface area contributed by atoms with E-state index in [1.165, 1.54) is 5.56 Å². The van der Waals surface area contributed by atoms with Crippen molar-refractivity contribution >= 4 is 5.97 Å². The summed E-state index contributed by atoms with van der Waals surface area (Å²) in [4.78, 5) is 11.5. The number of aryl methyl sites for hydroxylation is 1. The molecule has 0 amide bonds. The first-order chi connectivity index (χ1) is 6.70. The second-order valence-electron chi connectivity index (χ2n) is 3.16. The molecule has 14 heavy (non-hydrogen) atoms. The first-order valence-electron chi connectivity index (χ1n) is 4.96. The normalized spacial score (nSPS) is 9.93. The topological polar surface area (TPSA) is 26.3 Å². The third-order valence-electron chi connectivity index (χ3n) is 2.32. The molecule has 0 aliphatic carbocycles. The first-order valence-corrected chi connectivity index (χ1v) is 4.96. The van der Waals surface area contributed by atoms with Gasteiger partial charge in [-0.15, -0.1) is 0 Å². The van der Waals surface area contributed by atoms with Crippen molar-refractivity contribution in [2.75, 3.05) is 6.61 Å². The van der Waals surface area contributed by atoms with Gasteiger partial charge < -0.3 is 4.74 Å². The van der Waals surface area contributed by atoms with Crippen molar-refractivity contribution < 1.29 is 9.53 Å². The predicted molar refractivity (Wildman–Crippen MR) is 56.5 cm³/mol. The van der Waals surface area contributed by atoms with Crippen molar-refractivity contribution in [1.82, 2.24) is 0 Å². The van der Waals surface area contributed by atoms with Crippen LogP contribution in [0.1, 0.15) is 35.3 Å². The van der Waals surface area contributed by atoms with E-state index in [9.17, 15) is 4.79 Å². The van der Waals surface area contributed by atoms with Gasteiger partial charge >= 0.3 is 5.97 Å². The Morgan fingerprint density at radius 3 is 2.64 bits per heavy atom. The van der Waals surface area contributed by atoms with Crippen molar-refractivity contribution in [2.45, 2.75) is 27.2 Å². The maximum Gasteiger partial charge on any atom is 0.338 e. The fourth-order valence-electron chi connectivity index (χ4n) is 1.50. The molecule has 76 valence electrons. The molecule has 0 aliphatic heterocycles. The summed E-state index contributed by atoms with van der Waals surface area (Å²) < 4.78 is 4.97. The van der Waals surface area contributed by atoms with E-state index in [1.54, 1.807) is 0 Å². The summed E-state index contributed by atoms with van der Waals surface area (Å²) in [6, 6.07) is 5.75. The summed E-state index contributed by atoms with van der Waals surface area (Å²) >= 11 is 0. The number of carbonyl (C=O) groups is 1. The van der Waals surface area contributed by atoms with Crippen LogP contribution in [-0.4, -0.2) is 12.6 Å². The van der Waals surface area contributed by atoms with Crippen LogP contribution in [0.5, 0.6) is 0 Å². The predicted octanol–water partition coefficient (Wildman–Crippen LogP) is 2.73. The van der Waals surface area contributed by atoms with Crippen molar-refractivity contribution in [2.24, 2.45) is 0 Å². The molecule has 1 aromatic carbocycles. The molecule has 0 fully saturated rings. The van der Waals surface area contributed by atoms with Crippen molar-refractivity contribution in [1.29, 1.82) is 0 Å². The van der Waals surface area contributed by atoms with Gasteiger partial charge in [0.05, 0.1) is 12.2 Å². The lowest BCUT2D eigenvalue weighted by atomic mass is 10.0. The van der Waals surface area contributed by atoms with Crippen LogP contribution in [-0.2, 0) is 11.2 Å². The molecule has 0 radical (unpaired) electrons. The molecule has 2 nitrogen and oxygen atoms in total. The summed E-state index contributed by atoms with van der Waals surface area (Å²) in [5.41, 5.74) is 2.93. The quantitative estimate of drug-likeness (QED) is 0.688. The number of carbonyl (C=O) groups excluding carboxylic acids is 1. The molecule has 0 aliphatic rings. The van der Waals surface area contributed by atoms with E-state index < -0.39 is 0 Å². The number of benzene rings is 1. The zero-order chi connectivity index (χ0) is 10.6. The van der Waals surface area contributed by atoms with E-state index in [1.807, 2.05) is 32.0 Å². The zero-order valence-electron chi connectivity index (χ0n) is 8.96. The molecule has 0 aromatic heterocycles. The second kappa shape index (κ2) is 4.80. The Kier molecular flexibility index (Phi) is 3.69. The third kappa shape index (κ3) is 2.13. The van der Waals surface area contributed by atoms with E-state index >= 15 is 0 Å². The van der Waals surface area contributed by atoms with Crippen LogP contribution in [0.15, 0.2) is 18.2 Å². The highest BCUT2D eigenvalue weighted by atomic mass is 16.5. The highest BCUT2D eigenvalue weighted by molar-refractivity contribution is 5.91. The molecule has 0 N–H and O–H groups in total. The average Bonchev–Trinajstić information content (AvgIpc) is 2.18. The molecule has 1 rings (SSSR count). The van der Waals surface area contributed by atoms with E-state index in [2.05, 4.69) is 6.92 Å². The number of hydrogen-bond donors (Lipinski definition) is 0. The first kappa shape index (κ1) is 10.8. The lowest BCUT2D eigenvalue weighted by Gasteiger charge is -2.08. The van der Waals surface area contributed by atoms with Crippen LogP contribution in [0.3, 0.4) is 0 Å². The van der Waals surface area contributed by atoms with Gasteiger partial charge in [-0.25, -0.2) is 4.79 Å². The molecular weight excluding hydrogens is 176 g/mol. The molecule has 0 unspecified atom stereocenters. The lowest BCUT2D eigenvalue weighted by molar-refractivity contribution is 0.0525. The van der Waals surface area contributed by atoms with Crippen LogP contribution in [0.2, 0.25) is 0 Å². The lowest BCUT2D eigenvalue weighted by Crippen LogP contribution is -2.07. The molecule has 0 heterocycles. The van der Waals surface area contributed by atoms with Crippen molar-refractivity contribution in [3.8, 4) is 0 Å². The summed E-state index contributed by atoms with van der Waals surface area (Å²) in [6.07, 6.45) is 0.944. The van der Waals surface area contributed by atoms with Crippen LogP contribution in [0.25, 0.3) is 0 Å². The fourth-order valence-corrected chi connectivity index (χ4v) is 1.50. The Hall–Kier alpha value is -1.31. The van der Waals surface area contributed by atoms with Gasteiger partial charge in [0.25, 0.3) is 0 Å².